The van der Waals surface area contributed by atoms with Crippen LogP contribution in [0.15, 0.2) is 22.3 Å². The van der Waals surface area contributed by atoms with Crippen molar-refractivity contribution in [3.05, 3.63) is 22.3 Å². The standard InChI is InChI=1S/C17H25NO4/c1-9-10(2)15(20)13(11(3)14(9)19)7-6-12(16(18)21)8-17(4,5)22/h12,22H,6-8H2,1-5H3,(H2,18,21). The topological polar surface area (TPSA) is 97.5 Å². The summed E-state index contributed by atoms with van der Waals surface area (Å²) in [7, 11) is 0. The number of primary amides is 1. The molecule has 0 saturated carbocycles. The molecule has 1 amide bonds. The van der Waals surface area contributed by atoms with Crippen molar-refractivity contribution in [2.45, 2.75) is 59.5 Å². The molecule has 1 rings (SSSR count). The van der Waals surface area contributed by atoms with Crippen LogP contribution >= 0.6 is 0 Å². The summed E-state index contributed by atoms with van der Waals surface area (Å²) < 4.78 is 0. The second-order valence-corrected chi connectivity index (χ2v) is 6.67. The highest BCUT2D eigenvalue weighted by Gasteiger charge is 2.30. The Bertz CT molecular complexity index is 576. The van der Waals surface area contributed by atoms with E-state index in [1.807, 2.05) is 0 Å². The molecule has 1 aliphatic rings. The normalized spacial score (nSPS) is 18.1. The quantitative estimate of drug-likeness (QED) is 0.731. The highest BCUT2D eigenvalue weighted by molar-refractivity contribution is 6.24. The molecule has 5 nitrogen and oxygen atoms in total. The zero-order valence-electron chi connectivity index (χ0n) is 13.9. The molecule has 1 atom stereocenters. The number of allylic oxidation sites excluding steroid dienone is 4. The van der Waals surface area contributed by atoms with Crippen molar-refractivity contribution >= 4 is 17.5 Å². The van der Waals surface area contributed by atoms with E-state index < -0.39 is 17.4 Å². The molecule has 0 spiro atoms. The molecule has 0 aromatic heterocycles. The lowest BCUT2D eigenvalue weighted by Gasteiger charge is -2.24. The van der Waals surface area contributed by atoms with Gasteiger partial charge in [-0.25, -0.2) is 0 Å². The van der Waals surface area contributed by atoms with Gasteiger partial charge in [0, 0.05) is 28.2 Å². The van der Waals surface area contributed by atoms with Gasteiger partial charge in [-0.05, 0) is 53.9 Å². The van der Waals surface area contributed by atoms with Gasteiger partial charge < -0.3 is 10.8 Å². The van der Waals surface area contributed by atoms with Crippen LogP contribution in [0, 0.1) is 5.92 Å². The lowest BCUT2D eigenvalue weighted by Crippen LogP contribution is -2.32. The van der Waals surface area contributed by atoms with Gasteiger partial charge in [-0.15, -0.1) is 0 Å². The largest absolute Gasteiger partial charge is 0.390 e. The van der Waals surface area contributed by atoms with Gasteiger partial charge in [-0.2, -0.15) is 0 Å². The number of carbonyl (C=O) groups excluding carboxylic acids is 3. The molecule has 0 heterocycles. The molecular formula is C17H25NO4. The molecule has 0 fully saturated rings. The maximum Gasteiger partial charge on any atom is 0.220 e. The second-order valence-electron chi connectivity index (χ2n) is 6.67. The first-order valence-corrected chi connectivity index (χ1v) is 7.44. The van der Waals surface area contributed by atoms with Crippen molar-refractivity contribution in [2.24, 2.45) is 11.7 Å². The summed E-state index contributed by atoms with van der Waals surface area (Å²) in [4.78, 5) is 36.0. The second kappa shape index (κ2) is 6.57. The maximum absolute atomic E-state index is 12.3. The van der Waals surface area contributed by atoms with E-state index in [0.717, 1.165) is 0 Å². The number of nitrogens with two attached hydrogens (primary N) is 1. The fourth-order valence-electron chi connectivity index (χ4n) is 2.72. The summed E-state index contributed by atoms with van der Waals surface area (Å²) in [5.41, 5.74) is 6.21. The van der Waals surface area contributed by atoms with E-state index in [0.29, 0.717) is 35.1 Å². The van der Waals surface area contributed by atoms with Gasteiger partial charge in [0.2, 0.25) is 5.91 Å². The van der Waals surface area contributed by atoms with E-state index in [1.54, 1.807) is 34.6 Å². The first-order valence-electron chi connectivity index (χ1n) is 7.44. The van der Waals surface area contributed by atoms with Gasteiger partial charge in [0.15, 0.2) is 11.6 Å². The zero-order valence-corrected chi connectivity index (χ0v) is 13.9. The molecule has 3 N–H and O–H groups in total. The van der Waals surface area contributed by atoms with Gasteiger partial charge in [0.05, 0.1) is 5.60 Å². The summed E-state index contributed by atoms with van der Waals surface area (Å²) in [5.74, 6) is -1.29. The predicted molar refractivity (Wildman–Crippen MR) is 83.9 cm³/mol. The van der Waals surface area contributed by atoms with Gasteiger partial charge in [0.1, 0.15) is 0 Å². The number of Topliss-reactive ketones (excluding diaryl/α,β-unsaturated/α-hetero) is 2. The monoisotopic (exact) mass is 307 g/mol. The lowest BCUT2D eigenvalue weighted by molar-refractivity contribution is -0.124. The van der Waals surface area contributed by atoms with Crippen molar-refractivity contribution in [1.82, 2.24) is 0 Å². The van der Waals surface area contributed by atoms with Crippen LogP contribution in [-0.4, -0.2) is 28.2 Å². The van der Waals surface area contributed by atoms with Crippen LogP contribution in [0.5, 0.6) is 0 Å². The number of aliphatic hydroxyl groups is 1. The highest BCUT2D eigenvalue weighted by atomic mass is 16.3. The van der Waals surface area contributed by atoms with Crippen LogP contribution in [0.25, 0.3) is 0 Å². The molecular weight excluding hydrogens is 282 g/mol. The smallest absolute Gasteiger partial charge is 0.220 e. The number of amides is 1. The first-order chi connectivity index (χ1) is 9.95. The van der Waals surface area contributed by atoms with Crippen LogP contribution in [0.4, 0.5) is 0 Å². The van der Waals surface area contributed by atoms with E-state index in [9.17, 15) is 19.5 Å². The maximum atomic E-state index is 12.3. The molecule has 1 unspecified atom stereocenters. The molecule has 22 heavy (non-hydrogen) atoms. The number of hydrogen-bond donors (Lipinski definition) is 2. The summed E-state index contributed by atoms with van der Waals surface area (Å²) >= 11 is 0. The highest BCUT2D eigenvalue weighted by Crippen LogP contribution is 2.29. The fraction of sp³-hybridized carbons (Fsp3) is 0.588. The van der Waals surface area contributed by atoms with Gasteiger partial charge in [-0.3, -0.25) is 14.4 Å². The average molecular weight is 307 g/mol. The van der Waals surface area contributed by atoms with Crippen molar-refractivity contribution < 1.29 is 19.5 Å². The van der Waals surface area contributed by atoms with Crippen LogP contribution in [0.3, 0.4) is 0 Å². The molecule has 0 bridgehead atoms. The fourth-order valence-corrected chi connectivity index (χ4v) is 2.72. The zero-order chi connectivity index (χ0) is 17.2. The van der Waals surface area contributed by atoms with Gasteiger partial charge in [-0.1, -0.05) is 0 Å². The van der Waals surface area contributed by atoms with Crippen molar-refractivity contribution in [3.8, 4) is 0 Å². The first kappa shape index (κ1) is 18.3. The van der Waals surface area contributed by atoms with Crippen LogP contribution < -0.4 is 5.73 Å². The van der Waals surface area contributed by atoms with Crippen LogP contribution in [0.1, 0.15) is 53.9 Å². The van der Waals surface area contributed by atoms with Gasteiger partial charge in [0.25, 0.3) is 0 Å². The SMILES string of the molecule is CC1=C(C)C(=O)C(CCC(CC(C)(C)O)C(N)=O)=C(C)C1=O. The Morgan fingerprint density at radius 1 is 1.09 bits per heavy atom. The van der Waals surface area contributed by atoms with E-state index in [4.69, 9.17) is 5.73 Å². The summed E-state index contributed by atoms with van der Waals surface area (Å²) in [6, 6.07) is 0. The molecule has 0 aromatic carbocycles. The minimum atomic E-state index is -1.01. The third kappa shape index (κ3) is 4.13. The number of carbonyl (C=O) groups is 3. The van der Waals surface area contributed by atoms with E-state index in [-0.39, 0.29) is 18.0 Å². The number of ketones is 2. The Kier molecular flexibility index (Phi) is 5.46. The molecule has 0 saturated heterocycles. The Morgan fingerprint density at radius 3 is 2.05 bits per heavy atom. The Hall–Kier alpha value is -1.75. The molecule has 1 aliphatic carbocycles. The third-order valence-corrected chi connectivity index (χ3v) is 4.20. The minimum absolute atomic E-state index is 0.120. The molecule has 122 valence electrons. The molecule has 0 aromatic rings. The van der Waals surface area contributed by atoms with Crippen molar-refractivity contribution in [3.63, 3.8) is 0 Å². The van der Waals surface area contributed by atoms with E-state index in [2.05, 4.69) is 0 Å². The Balaban J connectivity index is 2.92. The Morgan fingerprint density at radius 2 is 1.59 bits per heavy atom. The molecule has 0 radical (unpaired) electrons. The minimum Gasteiger partial charge on any atom is -0.390 e. The van der Waals surface area contributed by atoms with Crippen LogP contribution in [0.2, 0.25) is 0 Å². The van der Waals surface area contributed by atoms with Crippen LogP contribution in [-0.2, 0) is 14.4 Å². The average Bonchev–Trinajstić information content (AvgIpc) is 2.40. The molecule has 0 aliphatic heterocycles. The number of rotatable bonds is 6. The molecule has 5 heteroatoms. The summed E-state index contributed by atoms with van der Waals surface area (Å²) in [6.45, 7) is 8.15. The van der Waals surface area contributed by atoms with E-state index in [1.165, 1.54) is 0 Å². The van der Waals surface area contributed by atoms with Crippen molar-refractivity contribution in [1.29, 1.82) is 0 Å². The lowest BCUT2D eigenvalue weighted by atomic mass is 9.81. The predicted octanol–water partition coefficient (Wildman–Crippen LogP) is 1.83. The summed E-state index contributed by atoms with van der Waals surface area (Å²) in [6.07, 6.45) is 0.882. The number of hydrogen-bond acceptors (Lipinski definition) is 4. The Labute approximate surface area is 131 Å². The summed E-state index contributed by atoms with van der Waals surface area (Å²) in [5, 5.41) is 9.85. The van der Waals surface area contributed by atoms with E-state index >= 15 is 0 Å². The third-order valence-electron chi connectivity index (χ3n) is 4.20. The van der Waals surface area contributed by atoms with Crippen molar-refractivity contribution in [2.75, 3.05) is 0 Å². The van der Waals surface area contributed by atoms with Gasteiger partial charge >= 0.3 is 0 Å².